The summed E-state index contributed by atoms with van der Waals surface area (Å²) in [5, 5.41) is 3.40. The van der Waals surface area contributed by atoms with Gasteiger partial charge < -0.3 is 10.1 Å². The van der Waals surface area contributed by atoms with Crippen molar-refractivity contribution in [2.75, 3.05) is 26.7 Å². The molecule has 0 saturated carbocycles. The molecule has 5 nitrogen and oxygen atoms in total. The van der Waals surface area contributed by atoms with E-state index < -0.39 is 0 Å². The Kier molecular flexibility index (Phi) is 4.45. The lowest BCUT2D eigenvalue weighted by Gasteiger charge is -2.28. The number of hydrogen-bond acceptors (Lipinski definition) is 5. The first-order valence-corrected chi connectivity index (χ1v) is 8.72. The maximum absolute atomic E-state index is 5.22. The minimum Gasteiger partial charge on any atom is -0.497 e. The first kappa shape index (κ1) is 15.5. The first-order valence-electron chi connectivity index (χ1n) is 8.72. The largest absolute Gasteiger partial charge is 0.497 e. The topological polar surface area (TPSA) is 50.3 Å². The summed E-state index contributed by atoms with van der Waals surface area (Å²) in [6.45, 7) is 5.05. The van der Waals surface area contributed by atoms with Crippen molar-refractivity contribution in [1.29, 1.82) is 0 Å². The smallest absolute Gasteiger partial charge is 0.132 e. The van der Waals surface area contributed by atoms with Crippen LogP contribution in [0.2, 0.25) is 0 Å². The van der Waals surface area contributed by atoms with Gasteiger partial charge in [0, 0.05) is 56.0 Å². The molecule has 0 aliphatic carbocycles. The highest BCUT2D eigenvalue weighted by atomic mass is 16.5. The van der Waals surface area contributed by atoms with Gasteiger partial charge in [0.05, 0.1) is 7.11 Å². The summed E-state index contributed by atoms with van der Waals surface area (Å²) in [5.74, 6) is 2.43. The van der Waals surface area contributed by atoms with Gasteiger partial charge in [-0.05, 0) is 30.7 Å². The van der Waals surface area contributed by atoms with Crippen molar-refractivity contribution in [2.45, 2.75) is 31.8 Å². The Morgan fingerprint density at radius 3 is 2.92 bits per heavy atom. The molecule has 126 valence electrons. The molecule has 1 aromatic heterocycles. The van der Waals surface area contributed by atoms with Gasteiger partial charge in [-0.1, -0.05) is 12.1 Å². The standard InChI is InChI=1S/C19H24N4O/c1-24-17-4-2-14(3-5-17)12-23-9-7-18-16(13-23)11-21-19(22-18)15-6-8-20-10-15/h2-5,11,15,20H,6-10,12-13H2,1H3. The third kappa shape index (κ3) is 3.28. The third-order valence-corrected chi connectivity index (χ3v) is 5.02. The van der Waals surface area contributed by atoms with E-state index >= 15 is 0 Å². The molecule has 0 spiro atoms. The Morgan fingerprint density at radius 1 is 1.29 bits per heavy atom. The molecular formula is C19H24N4O. The molecule has 2 aliphatic heterocycles. The molecule has 2 aromatic rings. The van der Waals surface area contributed by atoms with Crippen LogP contribution in [0.1, 0.15) is 35.0 Å². The fourth-order valence-corrected chi connectivity index (χ4v) is 3.59. The number of hydrogen-bond donors (Lipinski definition) is 1. The number of nitrogens with one attached hydrogen (secondary N) is 1. The van der Waals surface area contributed by atoms with Gasteiger partial charge in [-0.2, -0.15) is 0 Å². The van der Waals surface area contributed by atoms with Gasteiger partial charge in [-0.25, -0.2) is 9.97 Å². The van der Waals surface area contributed by atoms with E-state index in [1.165, 1.54) is 16.8 Å². The van der Waals surface area contributed by atoms with Crippen molar-refractivity contribution in [3.8, 4) is 5.75 Å². The maximum atomic E-state index is 5.22. The second-order valence-electron chi connectivity index (χ2n) is 6.70. The van der Waals surface area contributed by atoms with Gasteiger partial charge in [0.25, 0.3) is 0 Å². The van der Waals surface area contributed by atoms with Crippen molar-refractivity contribution in [2.24, 2.45) is 0 Å². The predicted molar refractivity (Wildman–Crippen MR) is 93.1 cm³/mol. The molecule has 2 aliphatic rings. The van der Waals surface area contributed by atoms with Crippen LogP contribution in [-0.2, 0) is 19.5 Å². The van der Waals surface area contributed by atoms with Crippen LogP contribution in [0, 0.1) is 0 Å². The van der Waals surface area contributed by atoms with Crippen molar-refractivity contribution < 1.29 is 4.74 Å². The highest BCUT2D eigenvalue weighted by Crippen LogP contribution is 2.23. The van der Waals surface area contributed by atoms with Crippen LogP contribution in [0.3, 0.4) is 0 Å². The van der Waals surface area contributed by atoms with E-state index in [4.69, 9.17) is 9.72 Å². The molecule has 1 fully saturated rings. The lowest BCUT2D eigenvalue weighted by Crippen LogP contribution is -2.31. The minimum atomic E-state index is 0.493. The van der Waals surface area contributed by atoms with E-state index in [2.05, 4.69) is 33.5 Å². The maximum Gasteiger partial charge on any atom is 0.132 e. The summed E-state index contributed by atoms with van der Waals surface area (Å²) in [5.41, 5.74) is 3.84. The molecule has 1 aromatic carbocycles. The summed E-state index contributed by atoms with van der Waals surface area (Å²) >= 11 is 0. The minimum absolute atomic E-state index is 0.493. The Hall–Kier alpha value is -1.98. The fourth-order valence-electron chi connectivity index (χ4n) is 3.59. The Bertz CT molecular complexity index is 695. The Morgan fingerprint density at radius 2 is 2.17 bits per heavy atom. The van der Waals surface area contributed by atoms with Crippen LogP contribution >= 0.6 is 0 Å². The van der Waals surface area contributed by atoms with Crippen molar-refractivity contribution in [3.05, 3.63) is 53.1 Å². The van der Waals surface area contributed by atoms with Crippen LogP contribution in [-0.4, -0.2) is 41.6 Å². The van der Waals surface area contributed by atoms with Gasteiger partial charge in [-0.3, -0.25) is 4.90 Å². The number of rotatable bonds is 4. The molecule has 0 amide bonds. The van der Waals surface area contributed by atoms with Gasteiger partial charge in [0.2, 0.25) is 0 Å². The van der Waals surface area contributed by atoms with E-state index in [1.807, 2.05) is 12.1 Å². The fraction of sp³-hybridized carbons (Fsp3) is 0.474. The number of methoxy groups -OCH3 is 1. The molecule has 1 saturated heterocycles. The molecule has 0 radical (unpaired) electrons. The number of ether oxygens (including phenoxy) is 1. The Labute approximate surface area is 143 Å². The first-order chi connectivity index (χ1) is 11.8. The lowest BCUT2D eigenvalue weighted by molar-refractivity contribution is 0.242. The van der Waals surface area contributed by atoms with E-state index in [1.54, 1.807) is 7.11 Å². The van der Waals surface area contributed by atoms with Crippen LogP contribution < -0.4 is 10.1 Å². The van der Waals surface area contributed by atoms with Crippen LogP contribution in [0.4, 0.5) is 0 Å². The second kappa shape index (κ2) is 6.87. The van der Waals surface area contributed by atoms with Crippen molar-refractivity contribution >= 4 is 0 Å². The summed E-state index contributed by atoms with van der Waals surface area (Å²) in [4.78, 5) is 12.0. The molecule has 4 rings (SSSR count). The molecule has 1 N–H and O–H groups in total. The quantitative estimate of drug-likeness (QED) is 0.933. The predicted octanol–water partition coefficient (Wildman–Crippen LogP) is 2.12. The number of fused-ring (bicyclic) bond motifs is 1. The normalized spacial score (nSPS) is 20.8. The van der Waals surface area contributed by atoms with Crippen LogP contribution in [0.25, 0.3) is 0 Å². The highest BCUT2D eigenvalue weighted by molar-refractivity contribution is 5.28. The molecule has 24 heavy (non-hydrogen) atoms. The molecule has 0 bridgehead atoms. The average molecular weight is 324 g/mol. The molecule has 5 heteroatoms. The van der Waals surface area contributed by atoms with Crippen LogP contribution in [0.5, 0.6) is 5.75 Å². The molecular weight excluding hydrogens is 300 g/mol. The molecule has 3 heterocycles. The summed E-state index contributed by atoms with van der Waals surface area (Å²) in [6.07, 6.45) is 4.22. The number of aromatic nitrogens is 2. The van der Waals surface area contributed by atoms with E-state index in [0.29, 0.717) is 5.92 Å². The number of nitrogens with zero attached hydrogens (tertiary/aromatic N) is 3. The monoisotopic (exact) mass is 324 g/mol. The highest BCUT2D eigenvalue weighted by Gasteiger charge is 2.23. The Balaban J connectivity index is 1.43. The SMILES string of the molecule is COc1ccc(CN2CCc3nc(C4CCNC4)ncc3C2)cc1. The lowest BCUT2D eigenvalue weighted by atomic mass is 10.0. The molecule has 1 atom stereocenters. The van der Waals surface area contributed by atoms with Gasteiger partial charge >= 0.3 is 0 Å². The summed E-state index contributed by atoms with van der Waals surface area (Å²) in [6, 6.07) is 8.33. The second-order valence-corrected chi connectivity index (χ2v) is 6.70. The van der Waals surface area contributed by atoms with Gasteiger partial charge in [0.1, 0.15) is 11.6 Å². The zero-order valence-electron chi connectivity index (χ0n) is 14.2. The zero-order chi connectivity index (χ0) is 16.4. The van der Waals surface area contributed by atoms with Crippen molar-refractivity contribution in [1.82, 2.24) is 20.2 Å². The van der Waals surface area contributed by atoms with E-state index in [0.717, 1.165) is 57.1 Å². The van der Waals surface area contributed by atoms with E-state index in [-0.39, 0.29) is 0 Å². The zero-order valence-corrected chi connectivity index (χ0v) is 14.2. The summed E-state index contributed by atoms with van der Waals surface area (Å²) < 4.78 is 5.22. The average Bonchev–Trinajstić information content (AvgIpc) is 3.17. The third-order valence-electron chi connectivity index (χ3n) is 5.02. The van der Waals surface area contributed by atoms with Gasteiger partial charge in [-0.15, -0.1) is 0 Å². The number of benzene rings is 1. The van der Waals surface area contributed by atoms with Crippen molar-refractivity contribution in [3.63, 3.8) is 0 Å². The summed E-state index contributed by atoms with van der Waals surface area (Å²) in [7, 11) is 1.70. The van der Waals surface area contributed by atoms with Crippen LogP contribution in [0.15, 0.2) is 30.5 Å². The van der Waals surface area contributed by atoms with Gasteiger partial charge in [0.15, 0.2) is 0 Å². The molecule has 1 unspecified atom stereocenters. The van der Waals surface area contributed by atoms with E-state index in [9.17, 15) is 0 Å².